The van der Waals surface area contributed by atoms with E-state index in [2.05, 4.69) is 5.32 Å². The number of fused-ring (bicyclic) bond motifs is 1. The zero-order chi connectivity index (χ0) is 16.8. The van der Waals surface area contributed by atoms with Gasteiger partial charge < -0.3 is 14.8 Å². The maximum atomic E-state index is 12.2. The number of hydrogen-bond acceptors (Lipinski definition) is 4. The number of hydrogen-bond donors (Lipinski definition) is 1. The van der Waals surface area contributed by atoms with Gasteiger partial charge in [-0.3, -0.25) is 9.59 Å². The van der Waals surface area contributed by atoms with Crippen molar-refractivity contribution in [3.05, 3.63) is 54.1 Å². The average molecular weight is 325 g/mol. The fourth-order valence-corrected chi connectivity index (χ4v) is 2.52. The minimum absolute atomic E-state index is 0.000477. The molecule has 0 fully saturated rings. The van der Waals surface area contributed by atoms with Crippen LogP contribution in [-0.2, 0) is 4.79 Å². The van der Waals surface area contributed by atoms with Crippen molar-refractivity contribution in [1.29, 1.82) is 0 Å². The number of ether oxygens (including phenoxy) is 2. The van der Waals surface area contributed by atoms with Crippen LogP contribution in [0, 0.1) is 0 Å². The van der Waals surface area contributed by atoms with Gasteiger partial charge in [0.15, 0.2) is 17.3 Å². The van der Waals surface area contributed by atoms with Crippen LogP contribution in [0.1, 0.15) is 29.6 Å². The average Bonchev–Trinajstić information content (AvgIpc) is 2.62. The van der Waals surface area contributed by atoms with Gasteiger partial charge in [-0.05, 0) is 36.8 Å². The summed E-state index contributed by atoms with van der Waals surface area (Å²) >= 11 is 0. The summed E-state index contributed by atoms with van der Waals surface area (Å²) in [5.74, 6) is 1.18. The molecule has 0 bridgehead atoms. The molecule has 0 spiro atoms. The number of carbonyl (C=O) groups excluding carboxylic acids is 2. The molecular weight excluding hydrogens is 306 g/mol. The highest BCUT2D eigenvalue weighted by Gasteiger charge is 2.15. The molecule has 0 radical (unpaired) electrons. The van der Waals surface area contributed by atoms with Gasteiger partial charge in [0.2, 0.25) is 5.91 Å². The molecule has 24 heavy (non-hydrogen) atoms. The monoisotopic (exact) mass is 325 g/mol. The van der Waals surface area contributed by atoms with Crippen molar-refractivity contribution < 1.29 is 19.1 Å². The first-order valence-electron chi connectivity index (χ1n) is 8.00. The van der Waals surface area contributed by atoms with Crippen LogP contribution >= 0.6 is 0 Å². The highest BCUT2D eigenvalue weighted by Crippen LogP contribution is 2.31. The van der Waals surface area contributed by atoms with E-state index in [-0.39, 0.29) is 11.7 Å². The zero-order valence-corrected chi connectivity index (χ0v) is 13.3. The van der Waals surface area contributed by atoms with Crippen LogP contribution in [0.2, 0.25) is 0 Å². The molecule has 0 saturated carbocycles. The van der Waals surface area contributed by atoms with Crippen LogP contribution < -0.4 is 14.8 Å². The van der Waals surface area contributed by atoms with E-state index in [1.165, 1.54) is 0 Å². The number of ketones is 1. The smallest absolute Gasteiger partial charge is 0.224 e. The Kier molecular flexibility index (Phi) is 5.11. The van der Waals surface area contributed by atoms with Crippen molar-refractivity contribution >= 4 is 17.4 Å². The highest BCUT2D eigenvalue weighted by molar-refractivity contribution is 5.97. The van der Waals surface area contributed by atoms with Gasteiger partial charge in [-0.1, -0.05) is 18.2 Å². The van der Waals surface area contributed by atoms with E-state index in [0.29, 0.717) is 49.5 Å². The lowest BCUT2D eigenvalue weighted by Crippen LogP contribution is -2.16. The van der Waals surface area contributed by atoms with E-state index in [1.54, 1.807) is 18.2 Å². The van der Waals surface area contributed by atoms with Gasteiger partial charge in [-0.25, -0.2) is 0 Å². The fourth-order valence-electron chi connectivity index (χ4n) is 2.52. The largest absolute Gasteiger partial charge is 0.486 e. The molecule has 5 nitrogen and oxygen atoms in total. The second-order valence-corrected chi connectivity index (χ2v) is 5.55. The minimum atomic E-state index is -0.0869. The first kappa shape index (κ1) is 16.1. The van der Waals surface area contributed by atoms with Crippen molar-refractivity contribution in [2.24, 2.45) is 0 Å². The van der Waals surface area contributed by atoms with Gasteiger partial charge in [-0.15, -0.1) is 0 Å². The molecule has 0 unspecified atom stereocenters. The Bertz CT molecular complexity index is 727. The molecule has 1 heterocycles. The van der Waals surface area contributed by atoms with Crippen LogP contribution in [0.15, 0.2) is 48.5 Å². The summed E-state index contributed by atoms with van der Waals surface area (Å²) in [6.45, 7) is 1.02. The van der Waals surface area contributed by atoms with E-state index >= 15 is 0 Å². The second-order valence-electron chi connectivity index (χ2n) is 5.55. The molecule has 2 aromatic carbocycles. The van der Waals surface area contributed by atoms with E-state index in [4.69, 9.17) is 9.47 Å². The third kappa shape index (κ3) is 4.13. The van der Waals surface area contributed by atoms with Crippen LogP contribution in [0.3, 0.4) is 0 Å². The Morgan fingerprint density at radius 3 is 2.46 bits per heavy atom. The molecule has 0 saturated heterocycles. The molecule has 124 valence electrons. The first-order valence-corrected chi connectivity index (χ1v) is 8.00. The molecule has 0 aliphatic carbocycles. The predicted molar refractivity (Wildman–Crippen MR) is 90.7 cm³/mol. The van der Waals surface area contributed by atoms with Gasteiger partial charge in [0.05, 0.1) is 0 Å². The van der Waals surface area contributed by atoms with E-state index in [9.17, 15) is 9.59 Å². The van der Waals surface area contributed by atoms with Crippen LogP contribution in [0.25, 0.3) is 0 Å². The van der Waals surface area contributed by atoms with Gasteiger partial charge in [0.25, 0.3) is 0 Å². The standard InChI is InChI=1S/C19H19NO4/c21-16(14-9-10-17-18(13-14)24-12-11-23-17)7-4-8-19(22)20-15-5-2-1-3-6-15/h1-3,5-6,9-10,13H,4,7-8,11-12H2,(H,20,22). The van der Waals surface area contributed by atoms with Crippen molar-refractivity contribution in [3.63, 3.8) is 0 Å². The Balaban J connectivity index is 1.48. The number of rotatable bonds is 6. The van der Waals surface area contributed by atoms with Gasteiger partial charge >= 0.3 is 0 Å². The molecule has 1 aliphatic heterocycles. The van der Waals surface area contributed by atoms with Gasteiger partial charge in [0.1, 0.15) is 13.2 Å². The first-order chi connectivity index (χ1) is 11.7. The normalized spacial score (nSPS) is 12.5. The summed E-state index contributed by atoms with van der Waals surface area (Å²) < 4.78 is 10.9. The number of benzene rings is 2. The zero-order valence-electron chi connectivity index (χ0n) is 13.3. The lowest BCUT2D eigenvalue weighted by atomic mass is 10.0. The quantitative estimate of drug-likeness (QED) is 0.826. The number of carbonyl (C=O) groups is 2. The summed E-state index contributed by atoms with van der Waals surface area (Å²) in [6.07, 6.45) is 1.14. The van der Waals surface area contributed by atoms with Crippen LogP contribution in [-0.4, -0.2) is 24.9 Å². The lowest BCUT2D eigenvalue weighted by Gasteiger charge is -2.18. The Labute approximate surface area is 140 Å². The molecule has 1 aliphatic rings. The van der Waals surface area contributed by atoms with Gasteiger partial charge in [0, 0.05) is 24.1 Å². The minimum Gasteiger partial charge on any atom is -0.486 e. The highest BCUT2D eigenvalue weighted by atomic mass is 16.6. The number of para-hydroxylation sites is 1. The van der Waals surface area contributed by atoms with E-state index in [1.807, 2.05) is 30.3 Å². The molecule has 0 aromatic heterocycles. The van der Waals surface area contributed by atoms with Crippen molar-refractivity contribution in [1.82, 2.24) is 0 Å². The van der Waals surface area contributed by atoms with Crippen molar-refractivity contribution in [2.45, 2.75) is 19.3 Å². The SMILES string of the molecule is O=C(CCCC(=O)c1ccc2c(c1)OCCO2)Nc1ccccc1. The van der Waals surface area contributed by atoms with Crippen molar-refractivity contribution in [3.8, 4) is 11.5 Å². The molecule has 5 heteroatoms. The lowest BCUT2D eigenvalue weighted by molar-refractivity contribution is -0.116. The molecule has 0 atom stereocenters. The summed E-state index contributed by atoms with van der Waals surface area (Å²) in [7, 11) is 0. The summed E-state index contributed by atoms with van der Waals surface area (Å²) in [5, 5.41) is 2.81. The van der Waals surface area contributed by atoms with Gasteiger partial charge in [-0.2, -0.15) is 0 Å². The second kappa shape index (κ2) is 7.64. The third-order valence-electron chi connectivity index (χ3n) is 3.73. The number of amides is 1. The fraction of sp³-hybridized carbons (Fsp3) is 0.263. The Hall–Kier alpha value is -2.82. The maximum absolute atomic E-state index is 12.2. The van der Waals surface area contributed by atoms with Crippen molar-refractivity contribution in [2.75, 3.05) is 18.5 Å². The maximum Gasteiger partial charge on any atom is 0.224 e. The molecule has 2 aromatic rings. The van der Waals surface area contributed by atoms with Crippen LogP contribution in [0.5, 0.6) is 11.5 Å². The number of Topliss-reactive ketones (excluding diaryl/α,β-unsaturated/α-hetero) is 1. The van der Waals surface area contributed by atoms with E-state index < -0.39 is 0 Å². The topological polar surface area (TPSA) is 64.6 Å². The molecule has 3 rings (SSSR count). The third-order valence-corrected chi connectivity index (χ3v) is 3.73. The number of nitrogens with one attached hydrogen (secondary N) is 1. The van der Waals surface area contributed by atoms with Crippen LogP contribution in [0.4, 0.5) is 5.69 Å². The molecule has 1 amide bonds. The Morgan fingerprint density at radius 1 is 0.917 bits per heavy atom. The number of anilines is 1. The molecular formula is C19H19NO4. The predicted octanol–water partition coefficient (Wildman–Crippen LogP) is 3.45. The van der Waals surface area contributed by atoms with E-state index in [0.717, 1.165) is 5.69 Å². The summed E-state index contributed by atoms with van der Waals surface area (Å²) in [5.41, 5.74) is 1.35. The molecule has 1 N–H and O–H groups in total. The summed E-state index contributed by atoms with van der Waals surface area (Å²) in [4.78, 5) is 24.1. The summed E-state index contributed by atoms with van der Waals surface area (Å²) in [6, 6.07) is 14.5. The Morgan fingerprint density at radius 2 is 1.67 bits per heavy atom.